The zero-order chi connectivity index (χ0) is 25.2. The molecule has 11 heteroatoms. The van der Waals surface area contributed by atoms with Gasteiger partial charge in [0.05, 0.1) is 29.4 Å². The molecule has 5 rings (SSSR count). The average molecular weight is 501 g/mol. The van der Waals surface area contributed by atoms with Crippen molar-refractivity contribution < 1.29 is 9.34 Å². The van der Waals surface area contributed by atoms with Gasteiger partial charge in [-0.25, -0.2) is 14.4 Å². The molecule has 0 aliphatic carbocycles. The van der Waals surface area contributed by atoms with Crippen LogP contribution in [0.15, 0.2) is 97.5 Å². The van der Waals surface area contributed by atoms with Crippen LogP contribution < -0.4 is 10.4 Å². The Morgan fingerprint density at radius 2 is 1.72 bits per heavy atom. The number of para-hydroxylation sites is 1. The highest BCUT2D eigenvalue weighted by Gasteiger charge is 2.17. The van der Waals surface area contributed by atoms with Crippen LogP contribution in [0.1, 0.15) is 11.5 Å². The maximum absolute atomic E-state index is 13.4. The predicted octanol–water partition coefficient (Wildman–Crippen LogP) is 4.63. The first kappa shape index (κ1) is 23.0. The van der Waals surface area contributed by atoms with E-state index < -0.39 is 4.92 Å². The van der Waals surface area contributed by atoms with Crippen LogP contribution in [-0.4, -0.2) is 25.2 Å². The van der Waals surface area contributed by atoms with Gasteiger partial charge in [-0.2, -0.15) is 5.10 Å². The van der Waals surface area contributed by atoms with Gasteiger partial charge in [-0.3, -0.25) is 19.6 Å². The van der Waals surface area contributed by atoms with Crippen molar-refractivity contribution in [1.29, 1.82) is 0 Å². The Morgan fingerprint density at radius 3 is 2.39 bits per heavy atom. The smallest absolute Gasteiger partial charge is 0.400 e. The van der Waals surface area contributed by atoms with E-state index in [4.69, 9.17) is 9.41 Å². The largest absolute Gasteiger partial charge is 0.433 e. The number of rotatable bonds is 6. The Kier molecular flexibility index (Phi) is 6.05. The molecule has 5 aromatic rings. The van der Waals surface area contributed by atoms with Gasteiger partial charge in [-0.1, -0.05) is 48.5 Å². The monoisotopic (exact) mass is 500 g/mol. The van der Waals surface area contributed by atoms with Gasteiger partial charge in [0.2, 0.25) is 4.80 Å². The summed E-state index contributed by atoms with van der Waals surface area (Å²) in [5.41, 5.74) is 3.10. The topological polar surface area (TPSA) is 113 Å². The Labute approximate surface area is 208 Å². The fourth-order valence-electron chi connectivity index (χ4n) is 3.70. The first-order valence-electron chi connectivity index (χ1n) is 10.9. The molecule has 180 valence electrons. The molecule has 0 saturated heterocycles. The molecule has 10 nitrogen and oxygen atoms in total. The van der Waals surface area contributed by atoms with E-state index in [0.29, 0.717) is 16.2 Å². The SMILES string of the molecule is Cc1c(N=c2scc(-c3ccccc3)n2N=Cc2ccc([N+](=O)[O-])o2)c(=O)n(-c2ccccc2)n1C. The quantitative estimate of drug-likeness (QED) is 0.192. The first-order valence-corrected chi connectivity index (χ1v) is 11.8. The number of furan rings is 1. The Balaban J connectivity index is 1.67. The number of thiazole rings is 1. The van der Waals surface area contributed by atoms with Gasteiger partial charge in [0.15, 0.2) is 11.4 Å². The van der Waals surface area contributed by atoms with Gasteiger partial charge in [0.1, 0.15) is 4.92 Å². The van der Waals surface area contributed by atoms with Crippen molar-refractivity contribution in [2.75, 3.05) is 0 Å². The highest BCUT2D eigenvalue weighted by molar-refractivity contribution is 7.07. The van der Waals surface area contributed by atoms with Crippen LogP contribution in [0.25, 0.3) is 16.9 Å². The molecule has 3 heterocycles. The van der Waals surface area contributed by atoms with E-state index in [1.54, 1.807) is 14.0 Å². The number of hydrogen-bond donors (Lipinski definition) is 0. The van der Waals surface area contributed by atoms with Gasteiger partial charge in [-0.15, -0.1) is 11.3 Å². The number of benzene rings is 2. The van der Waals surface area contributed by atoms with Gasteiger partial charge >= 0.3 is 5.88 Å². The van der Waals surface area contributed by atoms with E-state index in [2.05, 4.69) is 5.10 Å². The molecule has 0 atom stereocenters. The maximum atomic E-state index is 13.4. The van der Waals surface area contributed by atoms with Crippen molar-refractivity contribution in [2.45, 2.75) is 6.92 Å². The van der Waals surface area contributed by atoms with Crippen LogP contribution in [0.3, 0.4) is 0 Å². The molecule has 0 spiro atoms. The third-order valence-electron chi connectivity index (χ3n) is 5.58. The normalized spacial score (nSPS) is 12.0. The fourth-order valence-corrected chi connectivity index (χ4v) is 4.54. The van der Waals surface area contributed by atoms with E-state index in [1.807, 2.05) is 80.0 Å². The molecule has 0 saturated carbocycles. The summed E-state index contributed by atoms with van der Waals surface area (Å²) < 4.78 is 10.1. The van der Waals surface area contributed by atoms with Crippen molar-refractivity contribution in [3.05, 3.63) is 115 Å². The van der Waals surface area contributed by atoms with Crippen molar-refractivity contribution >= 4 is 29.1 Å². The van der Waals surface area contributed by atoms with E-state index >= 15 is 0 Å². The highest BCUT2D eigenvalue weighted by Crippen LogP contribution is 2.22. The second-order valence-electron chi connectivity index (χ2n) is 7.78. The molecule has 0 bridgehead atoms. The summed E-state index contributed by atoms with van der Waals surface area (Å²) >= 11 is 1.33. The van der Waals surface area contributed by atoms with Crippen LogP contribution in [-0.2, 0) is 7.05 Å². The fraction of sp³-hybridized carbons (Fsp3) is 0.0800. The molecule has 0 N–H and O–H groups in total. The number of nitro groups is 1. The minimum atomic E-state index is -0.610. The van der Waals surface area contributed by atoms with E-state index in [0.717, 1.165) is 16.9 Å². The van der Waals surface area contributed by atoms with E-state index in [1.165, 1.54) is 29.7 Å². The summed E-state index contributed by atoms with van der Waals surface area (Å²) in [4.78, 5) is 28.9. The molecule has 36 heavy (non-hydrogen) atoms. The number of hydrogen-bond acceptors (Lipinski definition) is 7. The molecule has 0 aliphatic rings. The lowest BCUT2D eigenvalue weighted by molar-refractivity contribution is -0.402. The second kappa shape index (κ2) is 9.47. The third kappa shape index (κ3) is 4.23. The Morgan fingerprint density at radius 1 is 1.03 bits per heavy atom. The second-order valence-corrected chi connectivity index (χ2v) is 8.62. The average Bonchev–Trinajstić information content (AvgIpc) is 3.58. The Hall–Kier alpha value is -4.77. The molecule has 3 aromatic heterocycles. The van der Waals surface area contributed by atoms with Crippen molar-refractivity contribution in [3.63, 3.8) is 0 Å². The van der Waals surface area contributed by atoms with Gasteiger partial charge < -0.3 is 4.42 Å². The number of nitrogens with zero attached hydrogens (tertiary/aromatic N) is 6. The molecular weight excluding hydrogens is 480 g/mol. The summed E-state index contributed by atoms with van der Waals surface area (Å²) in [5, 5.41) is 17.4. The standard InChI is InChI=1S/C25H20N6O4S/c1-17-23(24(32)30(28(17)2)19-11-7-4-8-12-19)27-25-29(21(16-36-25)18-9-5-3-6-10-18)26-15-20-13-14-22(35-20)31(33)34/h3-16H,1-2H3. The van der Waals surface area contributed by atoms with Gasteiger partial charge in [0.25, 0.3) is 5.56 Å². The predicted molar refractivity (Wildman–Crippen MR) is 137 cm³/mol. The maximum Gasteiger partial charge on any atom is 0.433 e. The molecular formula is C25H20N6O4S. The van der Waals surface area contributed by atoms with Crippen molar-refractivity contribution in [1.82, 2.24) is 14.0 Å². The summed E-state index contributed by atoms with van der Waals surface area (Å²) in [6.45, 7) is 1.83. The van der Waals surface area contributed by atoms with Crippen molar-refractivity contribution in [3.8, 4) is 16.9 Å². The zero-order valence-corrected chi connectivity index (χ0v) is 20.1. The molecule has 0 amide bonds. The summed E-state index contributed by atoms with van der Waals surface area (Å²) in [6, 6.07) is 21.7. The third-order valence-corrected chi connectivity index (χ3v) is 6.40. The van der Waals surface area contributed by atoms with E-state index in [9.17, 15) is 14.9 Å². The summed E-state index contributed by atoms with van der Waals surface area (Å²) in [5.74, 6) is -0.158. The minimum absolute atomic E-state index is 0.215. The van der Waals surface area contributed by atoms with Crippen LogP contribution >= 0.6 is 11.3 Å². The van der Waals surface area contributed by atoms with Crippen LogP contribution in [0, 0.1) is 17.0 Å². The highest BCUT2D eigenvalue weighted by atomic mass is 32.1. The molecule has 0 fully saturated rings. The van der Waals surface area contributed by atoms with E-state index in [-0.39, 0.29) is 17.2 Å². The lowest BCUT2D eigenvalue weighted by Crippen LogP contribution is -2.19. The first-order chi connectivity index (χ1) is 17.4. The summed E-state index contributed by atoms with van der Waals surface area (Å²) in [6.07, 6.45) is 1.38. The zero-order valence-electron chi connectivity index (χ0n) is 19.3. The van der Waals surface area contributed by atoms with Crippen LogP contribution in [0.4, 0.5) is 11.6 Å². The lowest BCUT2D eigenvalue weighted by atomic mass is 10.2. The van der Waals surface area contributed by atoms with Gasteiger partial charge in [-0.05, 0) is 25.1 Å². The van der Waals surface area contributed by atoms with Crippen LogP contribution in [0.5, 0.6) is 0 Å². The minimum Gasteiger partial charge on any atom is -0.400 e. The van der Waals surface area contributed by atoms with Gasteiger partial charge in [0, 0.05) is 18.0 Å². The van der Waals surface area contributed by atoms with Crippen molar-refractivity contribution in [2.24, 2.45) is 17.1 Å². The number of aromatic nitrogens is 3. The Bertz CT molecular complexity index is 1700. The molecule has 0 radical (unpaired) electrons. The lowest BCUT2D eigenvalue weighted by Gasteiger charge is -2.07. The molecule has 2 aromatic carbocycles. The van der Waals surface area contributed by atoms with Crippen LogP contribution in [0.2, 0.25) is 0 Å². The molecule has 0 unspecified atom stereocenters. The molecule has 0 aliphatic heterocycles. The summed E-state index contributed by atoms with van der Waals surface area (Å²) in [7, 11) is 1.81.